The van der Waals surface area contributed by atoms with E-state index in [2.05, 4.69) is 4.72 Å². The van der Waals surface area contributed by atoms with E-state index in [1.54, 1.807) is 18.7 Å². The number of benzene rings is 1. The highest BCUT2D eigenvalue weighted by Gasteiger charge is 2.21. The SMILES string of the molecule is CCSCCC(C)NS(=O)(=O)c1ccc(CN)cc1F. The first-order chi connectivity index (χ1) is 9.40. The zero-order chi connectivity index (χ0) is 15.2. The summed E-state index contributed by atoms with van der Waals surface area (Å²) < 4.78 is 40.5. The molecule has 0 aromatic heterocycles. The van der Waals surface area contributed by atoms with Crippen LogP contribution in [0.3, 0.4) is 0 Å². The van der Waals surface area contributed by atoms with Crippen molar-refractivity contribution in [1.29, 1.82) is 0 Å². The predicted molar refractivity (Wildman–Crippen MR) is 81.7 cm³/mol. The molecule has 0 aliphatic carbocycles. The summed E-state index contributed by atoms with van der Waals surface area (Å²) in [5.41, 5.74) is 5.96. The second kappa shape index (κ2) is 7.97. The van der Waals surface area contributed by atoms with Gasteiger partial charge in [0.2, 0.25) is 10.0 Å². The molecule has 0 amide bonds. The molecular weight excluding hydrogens is 299 g/mol. The van der Waals surface area contributed by atoms with Gasteiger partial charge in [-0.1, -0.05) is 13.0 Å². The van der Waals surface area contributed by atoms with Crippen molar-refractivity contribution in [3.05, 3.63) is 29.6 Å². The van der Waals surface area contributed by atoms with Gasteiger partial charge in [-0.05, 0) is 42.5 Å². The molecule has 0 aliphatic heterocycles. The molecule has 0 heterocycles. The number of nitrogens with one attached hydrogen (secondary N) is 1. The fourth-order valence-corrected chi connectivity index (χ4v) is 3.83. The van der Waals surface area contributed by atoms with Crippen molar-refractivity contribution >= 4 is 21.8 Å². The van der Waals surface area contributed by atoms with E-state index in [4.69, 9.17) is 5.73 Å². The van der Waals surface area contributed by atoms with Crippen molar-refractivity contribution in [2.45, 2.75) is 37.8 Å². The normalized spacial score (nSPS) is 13.4. The molecular formula is C13H21FN2O2S2. The zero-order valence-corrected chi connectivity index (χ0v) is 13.4. The Morgan fingerprint density at radius 2 is 2.15 bits per heavy atom. The molecule has 0 spiro atoms. The van der Waals surface area contributed by atoms with E-state index >= 15 is 0 Å². The minimum absolute atomic E-state index is 0.176. The summed E-state index contributed by atoms with van der Waals surface area (Å²) in [7, 11) is -3.83. The van der Waals surface area contributed by atoms with Crippen molar-refractivity contribution in [2.24, 2.45) is 5.73 Å². The highest BCUT2D eigenvalue weighted by Crippen LogP contribution is 2.17. The fraction of sp³-hybridized carbons (Fsp3) is 0.538. The Labute approximate surface area is 124 Å². The number of nitrogens with two attached hydrogens (primary N) is 1. The molecule has 1 rings (SSSR count). The van der Waals surface area contributed by atoms with Crippen LogP contribution in [0.2, 0.25) is 0 Å². The van der Waals surface area contributed by atoms with Crippen molar-refractivity contribution in [2.75, 3.05) is 11.5 Å². The topological polar surface area (TPSA) is 72.2 Å². The van der Waals surface area contributed by atoms with Crippen LogP contribution in [0.25, 0.3) is 0 Å². The molecule has 0 aliphatic rings. The number of halogens is 1. The van der Waals surface area contributed by atoms with Crippen LogP contribution in [-0.4, -0.2) is 26.0 Å². The molecule has 1 unspecified atom stereocenters. The lowest BCUT2D eigenvalue weighted by Crippen LogP contribution is -2.33. The van der Waals surface area contributed by atoms with Crippen LogP contribution >= 0.6 is 11.8 Å². The van der Waals surface area contributed by atoms with E-state index in [0.29, 0.717) is 12.0 Å². The molecule has 114 valence electrons. The van der Waals surface area contributed by atoms with E-state index in [1.165, 1.54) is 12.1 Å². The van der Waals surface area contributed by atoms with Gasteiger partial charge in [0.15, 0.2) is 0 Å². The molecule has 20 heavy (non-hydrogen) atoms. The first-order valence-corrected chi connectivity index (χ1v) is 9.13. The van der Waals surface area contributed by atoms with Crippen LogP contribution in [0.4, 0.5) is 4.39 Å². The van der Waals surface area contributed by atoms with Crippen LogP contribution in [0.5, 0.6) is 0 Å². The maximum Gasteiger partial charge on any atom is 0.243 e. The van der Waals surface area contributed by atoms with Gasteiger partial charge in [0.25, 0.3) is 0 Å². The second-order valence-electron chi connectivity index (χ2n) is 4.48. The van der Waals surface area contributed by atoms with Crippen molar-refractivity contribution in [3.63, 3.8) is 0 Å². The molecule has 0 saturated heterocycles. The van der Waals surface area contributed by atoms with Gasteiger partial charge < -0.3 is 5.73 Å². The lowest BCUT2D eigenvalue weighted by molar-refractivity contribution is 0.539. The van der Waals surface area contributed by atoms with E-state index in [-0.39, 0.29) is 17.5 Å². The standard InChI is InChI=1S/C13H21FN2O2S2/c1-3-19-7-6-10(2)16-20(17,18)13-5-4-11(9-15)8-12(13)14/h4-5,8,10,16H,3,6-7,9,15H2,1-2H3. The van der Waals surface area contributed by atoms with Gasteiger partial charge in [-0.3, -0.25) is 0 Å². The molecule has 0 radical (unpaired) electrons. The van der Waals surface area contributed by atoms with Crippen molar-refractivity contribution < 1.29 is 12.8 Å². The van der Waals surface area contributed by atoms with Gasteiger partial charge in [0.05, 0.1) is 0 Å². The predicted octanol–water partition coefficient (Wildman–Crippen LogP) is 2.09. The summed E-state index contributed by atoms with van der Waals surface area (Å²) in [5.74, 6) is 1.10. The molecule has 0 saturated carbocycles. The Balaban J connectivity index is 2.78. The van der Waals surface area contributed by atoms with E-state index in [9.17, 15) is 12.8 Å². The highest BCUT2D eigenvalue weighted by atomic mass is 32.2. The monoisotopic (exact) mass is 320 g/mol. The lowest BCUT2D eigenvalue weighted by atomic mass is 10.2. The van der Waals surface area contributed by atoms with Gasteiger partial charge in [0, 0.05) is 12.6 Å². The Morgan fingerprint density at radius 1 is 1.45 bits per heavy atom. The van der Waals surface area contributed by atoms with Crippen LogP contribution in [0.15, 0.2) is 23.1 Å². The number of rotatable bonds is 8. The smallest absolute Gasteiger partial charge is 0.243 e. The zero-order valence-electron chi connectivity index (χ0n) is 11.7. The third-order valence-corrected chi connectivity index (χ3v) is 5.33. The summed E-state index contributed by atoms with van der Waals surface area (Å²) in [6.07, 6.45) is 0.709. The van der Waals surface area contributed by atoms with E-state index < -0.39 is 15.8 Å². The van der Waals surface area contributed by atoms with Crippen LogP contribution in [0, 0.1) is 5.82 Å². The summed E-state index contributed by atoms with van der Waals surface area (Å²) in [6.45, 7) is 4.00. The maximum absolute atomic E-state index is 13.8. The average molecular weight is 320 g/mol. The molecule has 1 aromatic rings. The largest absolute Gasteiger partial charge is 0.326 e. The first kappa shape index (κ1) is 17.4. The number of thioether (sulfide) groups is 1. The maximum atomic E-state index is 13.8. The molecule has 1 atom stereocenters. The highest BCUT2D eigenvalue weighted by molar-refractivity contribution is 7.99. The Bertz CT molecular complexity index is 535. The number of hydrogen-bond donors (Lipinski definition) is 2. The van der Waals surface area contributed by atoms with Gasteiger partial charge in [-0.2, -0.15) is 11.8 Å². The minimum atomic E-state index is -3.83. The quantitative estimate of drug-likeness (QED) is 0.720. The molecule has 3 N–H and O–H groups in total. The molecule has 1 aromatic carbocycles. The Kier molecular flexibility index (Phi) is 6.94. The van der Waals surface area contributed by atoms with E-state index in [0.717, 1.165) is 17.6 Å². The van der Waals surface area contributed by atoms with Crippen molar-refractivity contribution in [3.8, 4) is 0 Å². The van der Waals surface area contributed by atoms with Gasteiger partial charge in [-0.25, -0.2) is 17.5 Å². The molecule has 7 heteroatoms. The summed E-state index contributed by atoms with van der Waals surface area (Å²) in [4.78, 5) is -0.329. The van der Waals surface area contributed by atoms with Gasteiger partial charge in [0.1, 0.15) is 10.7 Å². The van der Waals surface area contributed by atoms with Gasteiger partial charge in [-0.15, -0.1) is 0 Å². The van der Waals surface area contributed by atoms with Crippen LogP contribution in [0.1, 0.15) is 25.8 Å². The van der Waals surface area contributed by atoms with Crippen molar-refractivity contribution in [1.82, 2.24) is 4.72 Å². The molecule has 0 bridgehead atoms. The second-order valence-corrected chi connectivity index (χ2v) is 7.55. The fourth-order valence-electron chi connectivity index (χ4n) is 1.68. The Morgan fingerprint density at radius 3 is 2.70 bits per heavy atom. The molecule has 0 fully saturated rings. The number of sulfonamides is 1. The minimum Gasteiger partial charge on any atom is -0.326 e. The Hall–Kier alpha value is -0.630. The summed E-state index contributed by atoms with van der Waals surface area (Å²) >= 11 is 1.74. The third kappa shape index (κ3) is 5.05. The number of hydrogen-bond acceptors (Lipinski definition) is 4. The van der Waals surface area contributed by atoms with E-state index in [1.807, 2.05) is 6.92 Å². The summed E-state index contributed by atoms with van der Waals surface area (Å²) in [6, 6.07) is 3.71. The third-order valence-electron chi connectivity index (χ3n) is 2.78. The van der Waals surface area contributed by atoms with Crippen LogP contribution in [-0.2, 0) is 16.6 Å². The van der Waals surface area contributed by atoms with Crippen LogP contribution < -0.4 is 10.5 Å². The first-order valence-electron chi connectivity index (χ1n) is 6.49. The lowest BCUT2D eigenvalue weighted by Gasteiger charge is -2.14. The molecule has 4 nitrogen and oxygen atoms in total. The summed E-state index contributed by atoms with van der Waals surface area (Å²) in [5, 5.41) is 0. The average Bonchev–Trinajstić information content (AvgIpc) is 2.37. The van der Waals surface area contributed by atoms with Gasteiger partial charge >= 0.3 is 0 Å².